The van der Waals surface area contributed by atoms with Crippen molar-refractivity contribution >= 4 is 38.9 Å². The van der Waals surface area contributed by atoms with E-state index < -0.39 is 26.8 Å². The Bertz CT molecular complexity index is 1240. The van der Waals surface area contributed by atoms with E-state index in [1.165, 1.54) is 24.3 Å². The maximum absolute atomic E-state index is 13.0. The summed E-state index contributed by atoms with van der Waals surface area (Å²) in [6, 6.07) is 17.1. The van der Waals surface area contributed by atoms with E-state index in [0.717, 1.165) is 12.1 Å². The molecule has 0 heterocycles. The molecule has 0 spiro atoms. The number of hydrogen-bond donors (Lipinski definition) is 2. The van der Waals surface area contributed by atoms with Crippen LogP contribution in [0.15, 0.2) is 77.7 Å². The van der Waals surface area contributed by atoms with E-state index in [-0.39, 0.29) is 22.9 Å². The minimum Gasteiger partial charge on any atom is -0.494 e. The number of para-hydroxylation sites is 1. The zero-order valence-electron chi connectivity index (χ0n) is 17.6. The van der Waals surface area contributed by atoms with Gasteiger partial charge in [-0.2, -0.15) is 13.2 Å². The molecular weight excluding hydrogens is 493 g/mol. The van der Waals surface area contributed by atoms with Crippen molar-refractivity contribution in [3.8, 4) is 5.75 Å². The zero-order chi connectivity index (χ0) is 24.8. The zero-order valence-corrected chi connectivity index (χ0v) is 19.2. The fourth-order valence-corrected chi connectivity index (χ4v) is 4.17. The van der Waals surface area contributed by atoms with Crippen molar-refractivity contribution in [3.05, 3.63) is 83.4 Å². The Morgan fingerprint density at radius 2 is 1.59 bits per heavy atom. The average Bonchev–Trinajstić information content (AvgIpc) is 2.78. The molecule has 0 bridgehead atoms. The van der Waals surface area contributed by atoms with Crippen molar-refractivity contribution in [2.45, 2.75) is 23.9 Å². The number of carbonyl (C=O) groups excluding carboxylic acids is 1. The van der Waals surface area contributed by atoms with Crippen LogP contribution in [0.3, 0.4) is 0 Å². The molecule has 2 N–H and O–H groups in total. The van der Waals surface area contributed by atoms with Crippen molar-refractivity contribution < 1.29 is 31.1 Å². The summed E-state index contributed by atoms with van der Waals surface area (Å²) < 4.78 is 71.7. The molecule has 0 saturated carbocycles. The standard InChI is InChI=1S/C23H20ClF3N2O4S/c24-21-13-10-17(15-20(21)23(25,26)27)29-34(31,32)19-11-8-16(9-12-19)28-22(30)7-4-14-33-18-5-2-1-3-6-18/h1-3,5-6,8-13,15,29H,4,7,14H2,(H,28,30). The summed E-state index contributed by atoms with van der Waals surface area (Å²) in [7, 11) is -4.17. The molecule has 0 saturated heterocycles. The molecule has 0 aliphatic carbocycles. The highest BCUT2D eigenvalue weighted by Gasteiger charge is 2.33. The molecular formula is C23H20ClF3N2O4S. The van der Waals surface area contributed by atoms with Crippen molar-refractivity contribution in [1.29, 1.82) is 0 Å². The Labute approximate surface area is 199 Å². The molecule has 3 rings (SSSR count). The van der Waals surface area contributed by atoms with Crippen LogP contribution in [0.2, 0.25) is 5.02 Å². The molecule has 0 aromatic heterocycles. The molecule has 3 aromatic carbocycles. The van der Waals surface area contributed by atoms with Crippen LogP contribution in [-0.2, 0) is 21.0 Å². The van der Waals surface area contributed by atoms with Gasteiger partial charge in [-0.1, -0.05) is 29.8 Å². The number of benzene rings is 3. The number of nitrogens with one attached hydrogen (secondary N) is 2. The maximum atomic E-state index is 13.0. The second kappa shape index (κ2) is 10.8. The Hall–Kier alpha value is -3.24. The number of anilines is 2. The molecule has 180 valence electrons. The number of alkyl halides is 3. The third-order valence-electron chi connectivity index (χ3n) is 4.53. The van der Waals surface area contributed by atoms with Gasteiger partial charge in [-0.05, 0) is 61.0 Å². The third kappa shape index (κ3) is 7.13. The summed E-state index contributed by atoms with van der Waals surface area (Å²) in [6.07, 6.45) is -4.04. The van der Waals surface area contributed by atoms with Crippen LogP contribution in [0.25, 0.3) is 0 Å². The minimum absolute atomic E-state index is 0.190. The smallest absolute Gasteiger partial charge is 0.417 e. The first-order valence-corrected chi connectivity index (χ1v) is 11.9. The molecule has 0 atom stereocenters. The highest BCUT2D eigenvalue weighted by molar-refractivity contribution is 7.92. The normalized spacial score (nSPS) is 11.6. The molecule has 0 radical (unpaired) electrons. The lowest BCUT2D eigenvalue weighted by atomic mass is 10.2. The Morgan fingerprint density at radius 1 is 0.941 bits per heavy atom. The van der Waals surface area contributed by atoms with Crippen molar-refractivity contribution in [1.82, 2.24) is 0 Å². The van der Waals surface area contributed by atoms with E-state index in [9.17, 15) is 26.4 Å². The van der Waals surface area contributed by atoms with Crippen LogP contribution >= 0.6 is 11.6 Å². The van der Waals surface area contributed by atoms with Crippen LogP contribution < -0.4 is 14.8 Å². The number of amides is 1. The van der Waals surface area contributed by atoms with Gasteiger partial charge in [0.2, 0.25) is 5.91 Å². The van der Waals surface area contributed by atoms with Crippen LogP contribution in [0.5, 0.6) is 5.75 Å². The van der Waals surface area contributed by atoms with Gasteiger partial charge in [-0.25, -0.2) is 8.42 Å². The molecule has 0 fully saturated rings. The lowest BCUT2D eigenvalue weighted by Gasteiger charge is -2.13. The molecule has 1 amide bonds. The summed E-state index contributed by atoms with van der Waals surface area (Å²) in [4.78, 5) is 11.9. The molecule has 6 nitrogen and oxygen atoms in total. The number of halogens is 4. The predicted octanol–water partition coefficient (Wildman–Crippen LogP) is 5.96. The van der Waals surface area contributed by atoms with Crippen LogP contribution in [-0.4, -0.2) is 20.9 Å². The van der Waals surface area contributed by atoms with Crippen molar-refractivity contribution in [3.63, 3.8) is 0 Å². The summed E-state index contributed by atoms with van der Waals surface area (Å²) >= 11 is 5.56. The first kappa shape index (κ1) is 25.4. The molecule has 0 aliphatic heterocycles. The number of sulfonamides is 1. The van der Waals surface area contributed by atoms with Crippen molar-refractivity contribution in [2.24, 2.45) is 0 Å². The number of carbonyl (C=O) groups is 1. The minimum atomic E-state index is -4.73. The molecule has 34 heavy (non-hydrogen) atoms. The van der Waals surface area contributed by atoms with Gasteiger partial charge in [0.05, 0.1) is 22.1 Å². The first-order chi connectivity index (χ1) is 16.0. The van der Waals surface area contributed by atoms with Gasteiger partial charge in [0, 0.05) is 17.8 Å². The Morgan fingerprint density at radius 3 is 2.24 bits per heavy atom. The summed E-state index contributed by atoms with van der Waals surface area (Å²) in [5.74, 6) is 0.438. The molecule has 3 aromatic rings. The summed E-state index contributed by atoms with van der Waals surface area (Å²) in [6.45, 7) is 0.362. The fraction of sp³-hybridized carbons (Fsp3) is 0.174. The Balaban J connectivity index is 1.55. The number of ether oxygens (including phenoxy) is 1. The van der Waals surface area contributed by atoms with Gasteiger partial charge in [0.1, 0.15) is 5.75 Å². The van der Waals surface area contributed by atoms with E-state index in [0.29, 0.717) is 30.5 Å². The van der Waals surface area contributed by atoms with Gasteiger partial charge >= 0.3 is 6.18 Å². The lowest BCUT2D eigenvalue weighted by Crippen LogP contribution is -2.15. The van der Waals surface area contributed by atoms with E-state index in [1.54, 1.807) is 0 Å². The van der Waals surface area contributed by atoms with E-state index in [1.807, 2.05) is 30.3 Å². The number of hydrogen-bond acceptors (Lipinski definition) is 4. The van der Waals surface area contributed by atoms with E-state index in [4.69, 9.17) is 16.3 Å². The predicted molar refractivity (Wildman–Crippen MR) is 124 cm³/mol. The first-order valence-electron chi connectivity index (χ1n) is 10.0. The average molecular weight is 513 g/mol. The lowest BCUT2D eigenvalue weighted by molar-refractivity contribution is -0.137. The van der Waals surface area contributed by atoms with Gasteiger partial charge in [-0.3, -0.25) is 9.52 Å². The van der Waals surface area contributed by atoms with Crippen LogP contribution in [0, 0.1) is 0 Å². The largest absolute Gasteiger partial charge is 0.494 e. The summed E-state index contributed by atoms with van der Waals surface area (Å²) in [5.41, 5.74) is -1.06. The third-order valence-corrected chi connectivity index (χ3v) is 6.26. The molecule has 0 aliphatic rings. The quantitative estimate of drug-likeness (QED) is 0.347. The van der Waals surface area contributed by atoms with Gasteiger partial charge in [0.25, 0.3) is 10.0 Å². The van der Waals surface area contributed by atoms with Gasteiger partial charge < -0.3 is 10.1 Å². The SMILES string of the molecule is O=C(CCCOc1ccccc1)Nc1ccc(S(=O)(=O)Nc2ccc(Cl)c(C(F)(F)F)c2)cc1. The van der Waals surface area contributed by atoms with Gasteiger partial charge in [-0.15, -0.1) is 0 Å². The summed E-state index contributed by atoms with van der Waals surface area (Å²) in [5, 5.41) is 2.11. The fourth-order valence-electron chi connectivity index (χ4n) is 2.90. The monoisotopic (exact) mass is 512 g/mol. The number of rotatable bonds is 9. The van der Waals surface area contributed by atoms with Crippen LogP contribution in [0.1, 0.15) is 18.4 Å². The molecule has 0 unspecified atom stereocenters. The second-order valence-corrected chi connectivity index (χ2v) is 9.23. The highest BCUT2D eigenvalue weighted by Crippen LogP contribution is 2.36. The second-order valence-electron chi connectivity index (χ2n) is 7.14. The topological polar surface area (TPSA) is 84.5 Å². The van der Waals surface area contributed by atoms with E-state index in [2.05, 4.69) is 10.0 Å². The Kier molecular flexibility index (Phi) is 8.06. The maximum Gasteiger partial charge on any atom is 0.417 e. The van der Waals surface area contributed by atoms with Crippen molar-refractivity contribution in [2.75, 3.05) is 16.6 Å². The van der Waals surface area contributed by atoms with Gasteiger partial charge in [0.15, 0.2) is 0 Å². The molecule has 11 heteroatoms. The highest BCUT2D eigenvalue weighted by atomic mass is 35.5. The van der Waals surface area contributed by atoms with Crippen LogP contribution in [0.4, 0.5) is 24.5 Å². The van der Waals surface area contributed by atoms with E-state index >= 15 is 0 Å².